The smallest absolute Gasteiger partial charge is 0.271 e. The van der Waals surface area contributed by atoms with Crippen LogP contribution in [0.15, 0.2) is 72.8 Å². The predicted octanol–water partition coefficient (Wildman–Crippen LogP) is 4.65. The number of amides is 1. The zero-order chi connectivity index (χ0) is 22.2. The van der Waals surface area contributed by atoms with E-state index in [1.165, 1.54) is 12.1 Å². The molecule has 0 spiro atoms. The molecule has 2 N–H and O–H groups in total. The van der Waals surface area contributed by atoms with Crippen LogP contribution in [0.2, 0.25) is 0 Å². The van der Waals surface area contributed by atoms with E-state index in [1.54, 1.807) is 37.3 Å². The van der Waals surface area contributed by atoms with E-state index in [-0.39, 0.29) is 10.8 Å². The van der Waals surface area contributed by atoms with Crippen LogP contribution in [0.5, 0.6) is 5.75 Å². The number of non-ortho nitro benzene ring substituents is 1. The molecule has 0 aliphatic carbocycles. The number of nitrogens with zero attached hydrogens (tertiary/aromatic N) is 1. The number of carbonyl (C=O) groups is 1. The minimum Gasteiger partial charge on any atom is -0.492 e. The van der Waals surface area contributed by atoms with E-state index >= 15 is 0 Å². The second kappa shape index (κ2) is 10.3. The highest BCUT2D eigenvalue weighted by atomic mass is 32.1. The number of aryl methyl sites for hydroxylation is 1. The first kappa shape index (κ1) is 21.9. The molecule has 0 aliphatic heterocycles. The van der Waals surface area contributed by atoms with Crippen molar-refractivity contribution in [1.29, 1.82) is 0 Å². The van der Waals surface area contributed by atoms with Crippen LogP contribution in [0.25, 0.3) is 0 Å². The predicted molar refractivity (Wildman–Crippen MR) is 124 cm³/mol. The third kappa shape index (κ3) is 6.10. The number of rotatable bonds is 7. The van der Waals surface area contributed by atoms with Crippen molar-refractivity contribution in [3.63, 3.8) is 0 Å². The second-order valence-corrected chi connectivity index (χ2v) is 7.15. The number of nitrogens with one attached hydrogen (secondary N) is 2. The van der Waals surface area contributed by atoms with Crippen molar-refractivity contribution in [1.82, 2.24) is 5.32 Å². The monoisotopic (exact) mass is 435 g/mol. The molecule has 0 radical (unpaired) electrons. The number of para-hydroxylation sites is 1. The molecule has 3 aromatic rings. The van der Waals surface area contributed by atoms with E-state index in [0.717, 1.165) is 11.1 Å². The van der Waals surface area contributed by atoms with Gasteiger partial charge in [-0.2, -0.15) is 0 Å². The number of nitro groups is 1. The number of hydrogen-bond acceptors (Lipinski definition) is 5. The number of ether oxygens (including phenoxy) is 1. The van der Waals surface area contributed by atoms with Crippen molar-refractivity contribution >= 4 is 34.6 Å². The lowest BCUT2D eigenvalue weighted by molar-refractivity contribution is -0.384. The Morgan fingerprint density at radius 3 is 2.52 bits per heavy atom. The zero-order valence-electron chi connectivity index (χ0n) is 16.8. The van der Waals surface area contributed by atoms with Crippen LogP contribution < -0.4 is 15.4 Å². The Hall–Kier alpha value is -3.78. The molecular weight excluding hydrogens is 414 g/mol. The van der Waals surface area contributed by atoms with Gasteiger partial charge in [-0.1, -0.05) is 48.5 Å². The summed E-state index contributed by atoms with van der Waals surface area (Å²) in [5.74, 6) is 0.0150. The maximum Gasteiger partial charge on any atom is 0.271 e. The Kier molecular flexibility index (Phi) is 7.29. The fraction of sp³-hybridized carbons (Fsp3) is 0.130. The summed E-state index contributed by atoms with van der Waals surface area (Å²) in [6, 6.07) is 21.2. The van der Waals surface area contributed by atoms with Gasteiger partial charge in [0.15, 0.2) is 5.11 Å². The molecule has 0 fully saturated rings. The molecule has 0 unspecified atom stereocenters. The Bertz CT molecular complexity index is 1100. The van der Waals surface area contributed by atoms with Gasteiger partial charge in [0.05, 0.1) is 17.1 Å². The average molecular weight is 436 g/mol. The molecule has 0 bridgehead atoms. The van der Waals surface area contributed by atoms with E-state index < -0.39 is 10.8 Å². The summed E-state index contributed by atoms with van der Waals surface area (Å²) in [5, 5.41) is 16.5. The van der Waals surface area contributed by atoms with Gasteiger partial charge in [-0.15, -0.1) is 0 Å². The fourth-order valence-corrected chi connectivity index (χ4v) is 3.09. The van der Waals surface area contributed by atoms with E-state index in [9.17, 15) is 14.9 Å². The normalized spacial score (nSPS) is 10.2. The van der Waals surface area contributed by atoms with E-state index in [2.05, 4.69) is 10.6 Å². The third-order valence-electron chi connectivity index (χ3n) is 4.53. The minimum absolute atomic E-state index is 0.0349. The Morgan fingerprint density at radius 1 is 1.06 bits per heavy atom. The molecule has 8 heteroatoms. The number of benzene rings is 3. The van der Waals surface area contributed by atoms with Crippen LogP contribution in [0.3, 0.4) is 0 Å². The maximum atomic E-state index is 12.7. The van der Waals surface area contributed by atoms with Crippen LogP contribution in [0.4, 0.5) is 11.4 Å². The van der Waals surface area contributed by atoms with Crippen molar-refractivity contribution in [2.75, 3.05) is 11.9 Å². The zero-order valence-corrected chi connectivity index (χ0v) is 17.6. The minimum atomic E-state index is -0.491. The van der Waals surface area contributed by atoms with Gasteiger partial charge in [0.2, 0.25) is 0 Å². The molecule has 3 rings (SSSR count). The number of nitro benzene ring substituents is 1. The highest BCUT2D eigenvalue weighted by molar-refractivity contribution is 7.80. The largest absolute Gasteiger partial charge is 0.492 e. The first-order chi connectivity index (χ1) is 14.9. The third-order valence-corrected chi connectivity index (χ3v) is 4.73. The lowest BCUT2D eigenvalue weighted by Gasteiger charge is -2.14. The van der Waals surface area contributed by atoms with Crippen LogP contribution in [-0.4, -0.2) is 22.5 Å². The summed E-state index contributed by atoms with van der Waals surface area (Å²) in [5.41, 5.74) is 2.62. The summed E-state index contributed by atoms with van der Waals surface area (Å²) in [7, 11) is 0. The second-order valence-electron chi connectivity index (χ2n) is 6.74. The molecule has 31 heavy (non-hydrogen) atoms. The molecule has 0 atom stereocenters. The number of hydrogen-bond donors (Lipinski definition) is 2. The molecule has 7 nitrogen and oxygen atoms in total. The lowest BCUT2D eigenvalue weighted by Crippen LogP contribution is -2.34. The Balaban J connectivity index is 1.63. The van der Waals surface area contributed by atoms with E-state index in [1.807, 2.05) is 30.3 Å². The molecule has 0 aromatic heterocycles. The first-order valence-corrected chi connectivity index (χ1v) is 9.98. The van der Waals surface area contributed by atoms with Gasteiger partial charge in [-0.05, 0) is 42.4 Å². The quantitative estimate of drug-likeness (QED) is 0.319. The first-order valence-electron chi connectivity index (χ1n) is 9.57. The van der Waals surface area contributed by atoms with Crippen molar-refractivity contribution in [2.24, 2.45) is 0 Å². The maximum absolute atomic E-state index is 12.7. The Labute approximate surface area is 185 Å². The highest BCUT2D eigenvalue weighted by Gasteiger charge is 2.15. The number of thiocarbonyl (C=S) groups is 1. The van der Waals surface area contributed by atoms with Gasteiger partial charge in [-0.25, -0.2) is 0 Å². The van der Waals surface area contributed by atoms with E-state index in [0.29, 0.717) is 30.0 Å². The van der Waals surface area contributed by atoms with Crippen LogP contribution in [0.1, 0.15) is 21.5 Å². The number of anilines is 1. The molecule has 0 heterocycles. The standard InChI is InChI=1S/C23H21N3O4S/c1-16-11-12-18(26(28)29)15-20(16)24-23(31)25-22(27)19-9-5-6-10-21(19)30-14-13-17-7-3-2-4-8-17/h2-12,15H,13-14H2,1H3,(H2,24,25,27,31). The summed E-state index contributed by atoms with van der Waals surface area (Å²) in [6.07, 6.45) is 0.711. The van der Waals surface area contributed by atoms with Crippen molar-refractivity contribution in [3.05, 3.63) is 99.6 Å². The topological polar surface area (TPSA) is 93.5 Å². The van der Waals surface area contributed by atoms with Crippen LogP contribution in [0, 0.1) is 17.0 Å². The van der Waals surface area contributed by atoms with Crippen LogP contribution in [-0.2, 0) is 6.42 Å². The molecule has 0 saturated heterocycles. The molecule has 0 saturated carbocycles. The van der Waals surface area contributed by atoms with Gasteiger partial charge in [0.1, 0.15) is 5.75 Å². The summed E-state index contributed by atoms with van der Waals surface area (Å²) < 4.78 is 5.82. The molecular formula is C23H21N3O4S. The summed E-state index contributed by atoms with van der Waals surface area (Å²) >= 11 is 5.22. The van der Waals surface area contributed by atoms with Crippen LogP contribution >= 0.6 is 12.2 Å². The summed E-state index contributed by atoms with van der Waals surface area (Å²) in [6.45, 7) is 2.20. The molecule has 1 amide bonds. The molecule has 0 aliphatic rings. The van der Waals surface area contributed by atoms with Crippen molar-refractivity contribution in [3.8, 4) is 5.75 Å². The van der Waals surface area contributed by atoms with E-state index in [4.69, 9.17) is 17.0 Å². The Morgan fingerprint density at radius 2 is 1.77 bits per heavy atom. The number of carbonyl (C=O) groups excluding carboxylic acids is 1. The van der Waals surface area contributed by atoms with Gasteiger partial charge >= 0.3 is 0 Å². The van der Waals surface area contributed by atoms with Gasteiger partial charge in [0.25, 0.3) is 11.6 Å². The van der Waals surface area contributed by atoms with Crippen molar-refractivity contribution in [2.45, 2.75) is 13.3 Å². The molecule has 3 aromatic carbocycles. The highest BCUT2D eigenvalue weighted by Crippen LogP contribution is 2.22. The van der Waals surface area contributed by atoms with Crippen molar-refractivity contribution < 1.29 is 14.5 Å². The van der Waals surface area contributed by atoms with Gasteiger partial charge in [0, 0.05) is 24.2 Å². The van der Waals surface area contributed by atoms with Gasteiger partial charge in [-0.3, -0.25) is 20.2 Å². The average Bonchev–Trinajstić information content (AvgIpc) is 2.76. The SMILES string of the molecule is Cc1ccc([N+](=O)[O-])cc1NC(=S)NC(=O)c1ccccc1OCCc1ccccc1. The fourth-order valence-electron chi connectivity index (χ4n) is 2.89. The van der Waals surface area contributed by atoms with Gasteiger partial charge < -0.3 is 10.1 Å². The summed E-state index contributed by atoms with van der Waals surface area (Å²) in [4.78, 5) is 23.2. The lowest BCUT2D eigenvalue weighted by atomic mass is 10.1. The molecule has 158 valence electrons.